The van der Waals surface area contributed by atoms with Gasteiger partial charge in [-0.05, 0) is 38.0 Å². The van der Waals surface area contributed by atoms with E-state index in [9.17, 15) is 4.79 Å². The van der Waals surface area contributed by atoms with Gasteiger partial charge in [0.25, 0.3) is 0 Å². The summed E-state index contributed by atoms with van der Waals surface area (Å²) < 4.78 is 5.49. The highest BCUT2D eigenvalue weighted by molar-refractivity contribution is 6.33. The van der Waals surface area contributed by atoms with Crippen molar-refractivity contribution in [3.63, 3.8) is 0 Å². The molecule has 2 heterocycles. The van der Waals surface area contributed by atoms with Crippen LogP contribution in [0, 0.1) is 0 Å². The molecule has 0 bridgehead atoms. The quantitative estimate of drug-likeness (QED) is 0.491. The number of nitrogen functional groups attached to an aromatic ring is 1. The molecule has 1 fully saturated rings. The van der Waals surface area contributed by atoms with E-state index in [1.807, 2.05) is 45.0 Å². The third-order valence-corrected chi connectivity index (χ3v) is 6.06. The number of nitrogens with one attached hydrogen (secondary N) is 1. The maximum atomic E-state index is 12.3. The Morgan fingerprint density at radius 3 is 2.53 bits per heavy atom. The molecule has 4 rings (SSSR count). The van der Waals surface area contributed by atoms with Crippen LogP contribution < -0.4 is 11.1 Å². The smallest absolute Gasteiger partial charge is 0.410 e. The molecule has 1 aromatic heterocycles. The predicted molar refractivity (Wildman–Crippen MR) is 138 cm³/mol. The number of nitrogens with two attached hydrogens (primary N) is 1. The average Bonchev–Trinajstić information content (AvgIpc) is 2.79. The van der Waals surface area contributed by atoms with Crippen molar-refractivity contribution < 1.29 is 9.53 Å². The summed E-state index contributed by atoms with van der Waals surface area (Å²) in [4.78, 5) is 20.8. The van der Waals surface area contributed by atoms with E-state index in [1.54, 1.807) is 4.90 Å². The molecule has 0 unspecified atom stereocenters. The largest absolute Gasteiger partial charge is 0.444 e. The van der Waals surface area contributed by atoms with Gasteiger partial charge in [0.2, 0.25) is 0 Å². The summed E-state index contributed by atoms with van der Waals surface area (Å²) in [5.41, 5.74) is 10.2. The van der Waals surface area contributed by atoms with Gasteiger partial charge >= 0.3 is 6.09 Å². The van der Waals surface area contributed by atoms with Crippen LogP contribution in [-0.2, 0) is 17.8 Å². The number of fused-ring (bicyclic) bond motifs is 1. The molecule has 0 spiro atoms. The fourth-order valence-corrected chi connectivity index (χ4v) is 4.27. The van der Waals surface area contributed by atoms with Crippen molar-refractivity contribution >= 4 is 40.0 Å². The first-order chi connectivity index (χ1) is 16.2. The summed E-state index contributed by atoms with van der Waals surface area (Å²) in [7, 11) is 0. The van der Waals surface area contributed by atoms with E-state index in [2.05, 4.69) is 39.5 Å². The van der Waals surface area contributed by atoms with E-state index in [-0.39, 0.29) is 6.09 Å². The summed E-state index contributed by atoms with van der Waals surface area (Å²) in [6, 6.07) is 16.3. The van der Waals surface area contributed by atoms with Crippen LogP contribution in [-0.4, -0.2) is 52.7 Å². The van der Waals surface area contributed by atoms with Crippen LogP contribution in [0.2, 0.25) is 5.15 Å². The molecule has 8 heteroatoms. The molecule has 0 saturated carbocycles. The Balaban J connectivity index is 1.36. The number of carbonyl (C=O) groups is 1. The molecule has 3 N–H and O–H groups in total. The lowest BCUT2D eigenvalue weighted by Gasteiger charge is -2.35. The topological polar surface area (TPSA) is 83.7 Å². The first-order valence-corrected chi connectivity index (χ1v) is 11.9. The van der Waals surface area contributed by atoms with Gasteiger partial charge in [-0.2, -0.15) is 0 Å². The minimum atomic E-state index is -0.471. The number of carbonyl (C=O) groups excluding carboxylic acids is 1. The zero-order chi connectivity index (χ0) is 24.3. The van der Waals surface area contributed by atoms with E-state index >= 15 is 0 Å². The highest BCUT2D eigenvalue weighted by atomic mass is 35.5. The number of para-hydroxylation sites is 1. The number of nitrogens with zero attached hydrogens (tertiary/aromatic N) is 3. The fraction of sp³-hybridized carbons (Fsp3) is 0.385. The molecule has 34 heavy (non-hydrogen) atoms. The first-order valence-electron chi connectivity index (χ1n) is 11.6. The van der Waals surface area contributed by atoms with Crippen LogP contribution in [0.1, 0.15) is 31.9 Å². The second-order valence-electron chi connectivity index (χ2n) is 9.63. The van der Waals surface area contributed by atoms with Gasteiger partial charge in [0.1, 0.15) is 5.60 Å². The molecular formula is C26H32ClN5O2. The Morgan fingerprint density at radius 2 is 1.79 bits per heavy atom. The third-order valence-electron chi connectivity index (χ3n) is 5.77. The highest BCUT2D eigenvalue weighted by Gasteiger charge is 2.25. The van der Waals surface area contributed by atoms with Crippen LogP contribution >= 0.6 is 11.6 Å². The lowest BCUT2D eigenvalue weighted by Crippen LogP contribution is -2.49. The average molecular weight is 482 g/mol. The number of hydrogen-bond acceptors (Lipinski definition) is 6. The van der Waals surface area contributed by atoms with E-state index < -0.39 is 5.60 Å². The van der Waals surface area contributed by atoms with Crippen molar-refractivity contribution in [3.8, 4) is 0 Å². The number of aromatic nitrogens is 1. The Labute approximate surface area is 205 Å². The van der Waals surface area contributed by atoms with Crippen molar-refractivity contribution in [2.75, 3.05) is 37.2 Å². The normalized spacial score (nSPS) is 14.9. The van der Waals surface area contributed by atoms with Crippen LogP contribution in [0.3, 0.4) is 0 Å². The minimum Gasteiger partial charge on any atom is -0.444 e. The van der Waals surface area contributed by atoms with Gasteiger partial charge < -0.3 is 20.7 Å². The molecule has 0 atom stereocenters. The number of amides is 1. The van der Waals surface area contributed by atoms with Crippen molar-refractivity contribution in [3.05, 3.63) is 64.8 Å². The van der Waals surface area contributed by atoms with E-state index in [1.165, 1.54) is 5.56 Å². The summed E-state index contributed by atoms with van der Waals surface area (Å²) in [6.45, 7) is 10.1. The van der Waals surface area contributed by atoms with Gasteiger partial charge in [-0.25, -0.2) is 9.78 Å². The van der Waals surface area contributed by atoms with Gasteiger partial charge in [0, 0.05) is 44.7 Å². The minimum absolute atomic E-state index is 0.233. The molecule has 7 nitrogen and oxygen atoms in total. The van der Waals surface area contributed by atoms with Gasteiger partial charge in [-0.3, -0.25) is 4.90 Å². The van der Waals surface area contributed by atoms with Crippen molar-refractivity contribution in [2.45, 2.75) is 39.5 Å². The lowest BCUT2D eigenvalue weighted by molar-refractivity contribution is 0.0139. The molecule has 1 aliphatic heterocycles. The second kappa shape index (κ2) is 10.1. The molecule has 2 aromatic carbocycles. The zero-order valence-corrected chi connectivity index (χ0v) is 20.7. The van der Waals surface area contributed by atoms with Gasteiger partial charge in [-0.15, -0.1) is 0 Å². The number of benzene rings is 2. The Morgan fingerprint density at radius 1 is 1.09 bits per heavy atom. The molecule has 180 valence electrons. The molecule has 0 aliphatic carbocycles. The third kappa shape index (κ3) is 5.90. The standard InChI is InChI=1S/C26H32ClN5O2/c1-26(2,3)34-25(33)32-13-11-31(12-14-32)17-19-8-6-7-18(15-19)16-29-23-20-9-4-5-10-21(20)30-24(27)22(23)28/h4-10,15H,11-14,16-17,28H2,1-3H3,(H,29,30). The van der Waals surface area contributed by atoms with E-state index in [0.717, 1.165) is 41.8 Å². The summed E-state index contributed by atoms with van der Waals surface area (Å²) >= 11 is 6.26. The Bertz CT molecular complexity index is 1170. The van der Waals surface area contributed by atoms with Crippen LogP contribution in [0.25, 0.3) is 10.9 Å². The van der Waals surface area contributed by atoms with Crippen molar-refractivity contribution in [1.82, 2.24) is 14.8 Å². The first kappa shape index (κ1) is 24.1. The fourth-order valence-electron chi connectivity index (χ4n) is 4.09. The van der Waals surface area contributed by atoms with E-state index in [4.69, 9.17) is 22.1 Å². The van der Waals surface area contributed by atoms with Crippen molar-refractivity contribution in [1.29, 1.82) is 0 Å². The molecule has 1 saturated heterocycles. The molecule has 1 aliphatic rings. The van der Waals surface area contributed by atoms with Gasteiger partial charge in [-0.1, -0.05) is 54.1 Å². The monoisotopic (exact) mass is 481 g/mol. The molecule has 1 amide bonds. The number of hydrogen-bond donors (Lipinski definition) is 2. The maximum Gasteiger partial charge on any atom is 0.410 e. The lowest BCUT2D eigenvalue weighted by atomic mass is 10.1. The molecular weight excluding hydrogens is 450 g/mol. The SMILES string of the molecule is CC(C)(C)OC(=O)N1CCN(Cc2cccc(CNc3c(N)c(Cl)nc4ccccc34)c2)CC1. The van der Waals surface area contributed by atoms with Crippen LogP contribution in [0.4, 0.5) is 16.2 Å². The number of halogens is 1. The number of piperazine rings is 1. The van der Waals surface area contributed by atoms with Gasteiger partial charge in [0.15, 0.2) is 5.15 Å². The number of pyridine rings is 1. The van der Waals surface area contributed by atoms with Crippen molar-refractivity contribution in [2.24, 2.45) is 0 Å². The van der Waals surface area contributed by atoms with E-state index in [0.29, 0.717) is 30.5 Å². The molecule has 0 radical (unpaired) electrons. The Hall–Kier alpha value is -3.03. The van der Waals surface area contributed by atoms with Crippen LogP contribution in [0.15, 0.2) is 48.5 Å². The summed E-state index contributed by atoms with van der Waals surface area (Å²) in [5.74, 6) is 0. The number of ether oxygens (including phenoxy) is 1. The van der Waals surface area contributed by atoms with Crippen LogP contribution in [0.5, 0.6) is 0 Å². The summed E-state index contributed by atoms with van der Waals surface area (Å²) in [6.07, 6.45) is -0.233. The zero-order valence-electron chi connectivity index (χ0n) is 20.0. The number of anilines is 2. The second-order valence-corrected chi connectivity index (χ2v) is 9.98. The maximum absolute atomic E-state index is 12.3. The summed E-state index contributed by atoms with van der Waals surface area (Å²) in [5, 5.41) is 4.71. The molecule has 3 aromatic rings. The van der Waals surface area contributed by atoms with Gasteiger partial charge in [0.05, 0.1) is 16.9 Å². The predicted octanol–water partition coefficient (Wildman–Crippen LogP) is 5.14. The number of rotatable bonds is 5. The Kier molecular flexibility index (Phi) is 7.14. The highest BCUT2D eigenvalue weighted by Crippen LogP contribution is 2.33.